The summed E-state index contributed by atoms with van der Waals surface area (Å²) in [7, 11) is -2.70. The van der Waals surface area contributed by atoms with Crippen molar-refractivity contribution in [1.82, 2.24) is 0 Å². The number of fused-ring (bicyclic) bond motifs is 13. The van der Waals surface area contributed by atoms with Gasteiger partial charge < -0.3 is 4.90 Å². The average molecular weight is 846 g/mol. The summed E-state index contributed by atoms with van der Waals surface area (Å²) in [4.78, 5) is 2.65. The molecule has 8 aromatic rings. The van der Waals surface area contributed by atoms with Crippen molar-refractivity contribution in [2.24, 2.45) is 0 Å². The van der Waals surface area contributed by atoms with Gasteiger partial charge in [-0.25, -0.2) is 0 Å². The number of benzene rings is 8. The third-order valence-electron chi connectivity index (χ3n) is 15.0. The maximum atomic E-state index is 2.66. The van der Waals surface area contributed by atoms with Crippen molar-refractivity contribution in [1.29, 1.82) is 0 Å². The molecule has 1 nitrogen and oxygen atoms in total. The molecule has 2 heteroatoms. The van der Waals surface area contributed by atoms with Crippen LogP contribution in [-0.2, 0) is 29.2 Å². The molecule has 316 valence electrons. The molecule has 0 aromatic heterocycles. The summed E-state index contributed by atoms with van der Waals surface area (Å²) in [5, 5.41) is 6.22. The second kappa shape index (κ2) is 14.7. The Balaban J connectivity index is 1.05. The molecule has 11 rings (SSSR count). The van der Waals surface area contributed by atoms with Gasteiger partial charge >= 0.3 is 0 Å². The molecule has 0 atom stereocenters. The molecule has 0 saturated heterocycles. The highest BCUT2D eigenvalue weighted by atomic mass is 28.3. The van der Waals surface area contributed by atoms with Crippen LogP contribution in [0.4, 0.5) is 5.69 Å². The van der Waals surface area contributed by atoms with Crippen molar-refractivity contribution in [3.8, 4) is 44.5 Å². The van der Waals surface area contributed by atoms with E-state index in [4.69, 9.17) is 0 Å². The molecule has 0 fully saturated rings. The van der Waals surface area contributed by atoms with Gasteiger partial charge in [0.1, 0.15) is 0 Å². The van der Waals surface area contributed by atoms with E-state index in [9.17, 15) is 0 Å². The predicted molar refractivity (Wildman–Crippen MR) is 276 cm³/mol. The van der Waals surface area contributed by atoms with E-state index in [0.717, 1.165) is 19.5 Å². The van der Waals surface area contributed by atoms with Gasteiger partial charge in [0.15, 0.2) is 8.07 Å². The van der Waals surface area contributed by atoms with Gasteiger partial charge in [-0.05, 0) is 128 Å². The van der Waals surface area contributed by atoms with E-state index in [1.165, 1.54) is 83.6 Å². The van der Waals surface area contributed by atoms with Crippen molar-refractivity contribution < 1.29 is 0 Å². The Kier molecular flexibility index (Phi) is 9.29. The molecule has 0 unspecified atom stereocenters. The lowest BCUT2D eigenvalue weighted by Gasteiger charge is -2.31. The second-order valence-electron chi connectivity index (χ2n) is 21.3. The largest absolute Gasteiger partial charge is 0.367 e. The Morgan fingerprint density at radius 1 is 0.438 bits per heavy atom. The number of anilines is 1. The minimum atomic E-state index is -2.70. The lowest BCUT2D eigenvalue weighted by Crippen LogP contribution is -2.71. The van der Waals surface area contributed by atoms with Crippen LogP contribution >= 0.6 is 0 Å². The fourth-order valence-corrected chi connectivity index (χ4v) is 17.3. The van der Waals surface area contributed by atoms with E-state index in [-0.39, 0.29) is 16.2 Å². The molecule has 1 spiro atoms. The maximum Gasteiger partial charge on any atom is 0.182 e. The van der Waals surface area contributed by atoms with Crippen LogP contribution in [0.25, 0.3) is 44.5 Å². The second-order valence-corrected chi connectivity index (χ2v) is 24.9. The third-order valence-corrected chi connectivity index (χ3v) is 20.0. The van der Waals surface area contributed by atoms with Gasteiger partial charge in [0.25, 0.3) is 0 Å². The molecule has 3 aliphatic rings. The minimum Gasteiger partial charge on any atom is -0.367 e. The zero-order valence-electron chi connectivity index (χ0n) is 38.8. The van der Waals surface area contributed by atoms with E-state index in [1.807, 2.05) is 0 Å². The van der Waals surface area contributed by atoms with Gasteiger partial charge in [0.05, 0.1) is 0 Å². The fourth-order valence-electron chi connectivity index (χ4n) is 11.6. The molecule has 8 aromatic carbocycles. The minimum absolute atomic E-state index is 0.0319. The summed E-state index contributed by atoms with van der Waals surface area (Å²) >= 11 is 0. The van der Waals surface area contributed by atoms with Crippen LogP contribution in [-0.4, -0.2) is 14.6 Å². The number of hydrogen-bond acceptors (Lipinski definition) is 1. The van der Waals surface area contributed by atoms with Gasteiger partial charge in [0, 0.05) is 24.2 Å². The molecule has 64 heavy (non-hydrogen) atoms. The lowest BCUT2D eigenvalue weighted by molar-refractivity contribution is 0.590. The number of nitrogens with zero attached hydrogens (tertiary/aromatic N) is 1. The van der Waals surface area contributed by atoms with Gasteiger partial charge in [-0.2, -0.15) is 0 Å². The van der Waals surface area contributed by atoms with Crippen molar-refractivity contribution in [2.45, 2.75) is 84.6 Å². The summed E-state index contributed by atoms with van der Waals surface area (Å²) in [5.74, 6) is 0. The molecule has 0 saturated carbocycles. The first-order chi connectivity index (χ1) is 30.7. The normalized spacial score (nSPS) is 14.7. The Hall–Kier alpha value is -6.22. The summed E-state index contributed by atoms with van der Waals surface area (Å²) in [6.45, 7) is 20.6. The molecule has 1 aliphatic carbocycles. The number of hydrogen-bond donors (Lipinski definition) is 0. The van der Waals surface area contributed by atoms with Crippen LogP contribution in [0.15, 0.2) is 176 Å². The topological polar surface area (TPSA) is 3.24 Å². The summed E-state index contributed by atoms with van der Waals surface area (Å²) in [5.41, 5.74) is 20.7. The molecule has 2 heterocycles. The average Bonchev–Trinajstić information content (AvgIpc) is 3.85. The highest BCUT2D eigenvalue weighted by Gasteiger charge is 2.54. The highest BCUT2D eigenvalue weighted by molar-refractivity contribution is 7.24. The van der Waals surface area contributed by atoms with E-state index in [0.29, 0.717) is 0 Å². The van der Waals surface area contributed by atoms with Crippen LogP contribution in [0.1, 0.15) is 88.8 Å². The molecule has 0 radical (unpaired) electrons. The smallest absolute Gasteiger partial charge is 0.182 e. The quantitative estimate of drug-likeness (QED) is 0.144. The van der Waals surface area contributed by atoms with Gasteiger partial charge in [-0.1, -0.05) is 219 Å². The molecule has 0 N–H and O–H groups in total. The van der Waals surface area contributed by atoms with Crippen molar-refractivity contribution in [3.05, 3.63) is 209 Å². The molecule has 2 aliphatic heterocycles. The van der Waals surface area contributed by atoms with Crippen LogP contribution in [0.5, 0.6) is 0 Å². The summed E-state index contributed by atoms with van der Waals surface area (Å²) < 4.78 is 0. The Labute approximate surface area is 382 Å². The van der Waals surface area contributed by atoms with Crippen LogP contribution in [0.2, 0.25) is 0 Å². The van der Waals surface area contributed by atoms with Gasteiger partial charge in [-0.15, -0.1) is 0 Å². The van der Waals surface area contributed by atoms with Crippen molar-refractivity contribution >= 4 is 34.5 Å². The first-order valence-electron chi connectivity index (χ1n) is 23.4. The van der Waals surface area contributed by atoms with Crippen LogP contribution in [0.3, 0.4) is 0 Å². The number of rotatable bonds is 7. The molecular formula is C62H59NSi. The van der Waals surface area contributed by atoms with Crippen molar-refractivity contribution in [3.63, 3.8) is 0 Å². The Bertz CT molecular complexity index is 3070. The Morgan fingerprint density at radius 3 is 1.64 bits per heavy atom. The SMILES string of the molecule is CC(C)(C)c1ccc2c(c1)[Si]1(c3ccccc3-c3ccc(CCN(Cc4ccccc4-c4ccccc4)c4ccc5c(c4)-c4ccccc4C5(C)C)cc31)c1cc(C(C)(C)C)ccc1-2. The first kappa shape index (κ1) is 40.5. The molecule has 0 amide bonds. The lowest BCUT2D eigenvalue weighted by atomic mass is 9.82. The van der Waals surface area contributed by atoms with Crippen LogP contribution in [0, 0.1) is 0 Å². The van der Waals surface area contributed by atoms with Crippen molar-refractivity contribution in [2.75, 3.05) is 11.4 Å². The maximum absolute atomic E-state index is 2.70. The van der Waals surface area contributed by atoms with E-state index in [2.05, 4.69) is 236 Å². The van der Waals surface area contributed by atoms with Crippen LogP contribution < -0.4 is 25.6 Å². The third kappa shape index (κ3) is 6.24. The zero-order chi connectivity index (χ0) is 44.2. The zero-order valence-corrected chi connectivity index (χ0v) is 39.8. The monoisotopic (exact) mass is 845 g/mol. The van der Waals surface area contributed by atoms with E-state index >= 15 is 0 Å². The fraction of sp³-hybridized carbons (Fsp3) is 0.226. The molecular weight excluding hydrogens is 787 g/mol. The van der Waals surface area contributed by atoms with Gasteiger partial charge in [0.2, 0.25) is 0 Å². The standard InChI is InChI=1S/C62H59NSi/c1-60(2,3)44-27-31-51-52-32-28-45(61(4,5)6)38-59(52)64(58(51)37-44)56-25-17-15-23-49(56)50-30-26-41(36-57(50)64)34-35-63(40-43-20-12-13-21-47(43)42-18-10-9-11-19-42)46-29-33-55-53(39-46)48-22-14-16-24-54(48)62(55,7)8/h9-33,36-39H,34-35,40H2,1-8H3. The van der Waals surface area contributed by atoms with Gasteiger partial charge in [-0.3, -0.25) is 0 Å². The van der Waals surface area contributed by atoms with E-state index in [1.54, 1.807) is 20.7 Å². The summed E-state index contributed by atoms with van der Waals surface area (Å²) in [6, 6.07) is 68.2. The first-order valence-corrected chi connectivity index (χ1v) is 25.4. The molecule has 0 bridgehead atoms. The highest BCUT2D eigenvalue weighted by Crippen LogP contribution is 2.50. The Morgan fingerprint density at radius 2 is 0.969 bits per heavy atom. The predicted octanol–water partition coefficient (Wildman–Crippen LogP) is 12.8. The summed E-state index contributed by atoms with van der Waals surface area (Å²) in [6.07, 6.45) is 0.935. The van der Waals surface area contributed by atoms with E-state index < -0.39 is 8.07 Å².